The van der Waals surface area contributed by atoms with Gasteiger partial charge in [-0.1, -0.05) is 29.5 Å². The first-order valence-corrected chi connectivity index (χ1v) is 13.7. The van der Waals surface area contributed by atoms with Gasteiger partial charge in [-0.25, -0.2) is 9.79 Å². The summed E-state index contributed by atoms with van der Waals surface area (Å²) in [6.07, 6.45) is 1.85. The molecule has 0 radical (unpaired) electrons. The maximum absolute atomic E-state index is 13.7. The van der Waals surface area contributed by atoms with E-state index in [0.29, 0.717) is 33.0 Å². The Balaban J connectivity index is 1.86. The predicted octanol–water partition coefficient (Wildman–Crippen LogP) is 4.75. The molecule has 194 valence electrons. The molecule has 1 aromatic heterocycles. The van der Waals surface area contributed by atoms with Gasteiger partial charge >= 0.3 is 5.97 Å². The molecule has 0 fully saturated rings. The molecule has 1 atom stereocenters. The van der Waals surface area contributed by atoms with Crippen LogP contribution in [-0.4, -0.2) is 29.9 Å². The summed E-state index contributed by atoms with van der Waals surface area (Å²) in [7, 11) is 0. The molecule has 9 heteroatoms. The fourth-order valence-electron chi connectivity index (χ4n) is 4.14. The minimum Gasteiger partial charge on any atom is -0.493 e. The van der Waals surface area contributed by atoms with Crippen LogP contribution in [0.1, 0.15) is 51.8 Å². The van der Waals surface area contributed by atoms with Crippen molar-refractivity contribution in [1.29, 1.82) is 0 Å². The molecule has 1 aliphatic heterocycles. The number of aromatic nitrogens is 1. The van der Waals surface area contributed by atoms with E-state index >= 15 is 0 Å². The molecule has 0 N–H and O–H groups in total. The van der Waals surface area contributed by atoms with Gasteiger partial charge in [-0.05, 0) is 92.0 Å². The van der Waals surface area contributed by atoms with Crippen molar-refractivity contribution in [3.8, 4) is 11.5 Å². The van der Waals surface area contributed by atoms with Crippen LogP contribution in [0.5, 0.6) is 11.5 Å². The minimum atomic E-state index is -0.669. The predicted molar refractivity (Wildman–Crippen MR) is 148 cm³/mol. The van der Waals surface area contributed by atoms with Gasteiger partial charge in [0.2, 0.25) is 0 Å². The lowest BCUT2D eigenvalue weighted by molar-refractivity contribution is -0.139. The fraction of sp³-hybridized carbons (Fsp3) is 0.321. The van der Waals surface area contributed by atoms with Crippen LogP contribution in [0.2, 0.25) is 0 Å². The van der Waals surface area contributed by atoms with Crippen molar-refractivity contribution in [1.82, 2.24) is 4.57 Å². The highest BCUT2D eigenvalue weighted by Crippen LogP contribution is 2.32. The lowest BCUT2D eigenvalue weighted by Crippen LogP contribution is -2.39. The highest BCUT2D eigenvalue weighted by atomic mass is 79.9. The van der Waals surface area contributed by atoms with E-state index in [2.05, 4.69) is 20.9 Å². The number of carbonyl (C=O) groups excluding carboxylic acids is 1. The molecule has 1 aliphatic rings. The Hall–Kier alpha value is -3.17. The maximum Gasteiger partial charge on any atom is 0.338 e. The normalized spacial score (nSPS) is 15.4. The summed E-state index contributed by atoms with van der Waals surface area (Å²) in [6.45, 7) is 10.2. The molecule has 4 rings (SSSR count). The SMILES string of the molecule is CCOC(=O)C1=C(C)N=c2s/c(=C\c3ccc(OCC)c(Br)c3)c(=O)n2[C@@H]1c1ccc(OC(C)C)cc1. The molecule has 0 spiro atoms. The molecule has 0 amide bonds. The van der Waals surface area contributed by atoms with Gasteiger partial charge in [-0.2, -0.15) is 0 Å². The van der Waals surface area contributed by atoms with Gasteiger partial charge < -0.3 is 14.2 Å². The zero-order valence-electron chi connectivity index (χ0n) is 21.4. The number of carbonyl (C=O) groups is 1. The number of allylic oxidation sites excluding steroid dienone is 1. The third-order valence-corrected chi connectivity index (χ3v) is 7.24. The summed E-state index contributed by atoms with van der Waals surface area (Å²) in [5.41, 5.74) is 2.26. The van der Waals surface area contributed by atoms with Gasteiger partial charge in [0.15, 0.2) is 4.80 Å². The minimum absolute atomic E-state index is 0.0309. The van der Waals surface area contributed by atoms with E-state index in [-0.39, 0.29) is 18.3 Å². The van der Waals surface area contributed by atoms with Gasteiger partial charge in [0, 0.05) is 0 Å². The van der Waals surface area contributed by atoms with Gasteiger partial charge in [0.05, 0.1) is 45.6 Å². The van der Waals surface area contributed by atoms with Crippen molar-refractivity contribution in [3.05, 3.63) is 89.0 Å². The summed E-state index contributed by atoms with van der Waals surface area (Å²) in [6, 6.07) is 12.4. The van der Waals surface area contributed by atoms with Gasteiger partial charge in [0.1, 0.15) is 11.5 Å². The molecule has 0 saturated carbocycles. The molecule has 0 aliphatic carbocycles. The van der Waals surface area contributed by atoms with Crippen LogP contribution >= 0.6 is 27.3 Å². The Bertz CT molecular complexity index is 1520. The number of halogens is 1. The first-order valence-electron chi connectivity index (χ1n) is 12.1. The van der Waals surface area contributed by atoms with Crippen molar-refractivity contribution < 1.29 is 19.0 Å². The molecule has 3 aromatic rings. The van der Waals surface area contributed by atoms with E-state index in [1.54, 1.807) is 18.4 Å². The highest BCUT2D eigenvalue weighted by Gasteiger charge is 2.33. The number of fused-ring (bicyclic) bond motifs is 1. The van der Waals surface area contributed by atoms with Crippen LogP contribution in [0.15, 0.2) is 68.0 Å². The number of nitrogens with zero attached hydrogens (tertiary/aromatic N) is 2. The third-order valence-electron chi connectivity index (χ3n) is 5.64. The zero-order valence-corrected chi connectivity index (χ0v) is 23.8. The molecule has 2 heterocycles. The lowest BCUT2D eigenvalue weighted by Gasteiger charge is -2.25. The molecule has 37 heavy (non-hydrogen) atoms. The standard InChI is InChI=1S/C28H29BrN2O5S/c1-6-34-22-13-8-18(14-21(22)29)15-23-26(32)31-25(19-9-11-20(12-10-19)36-16(3)4)24(27(33)35-7-2)17(5)30-28(31)37-23/h8-16,25H,6-7H2,1-5H3/b23-15-/t25-/m1/s1. The average molecular weight is 586 g/mol. The van der Waals surface area contributed by atoms with E-state index in [9.17, 15) is 9.59 Å². The molecule has 0 bridgehead atoms. The molecular weight excluding hydrogens is 556 g/mol. The first-order chi connectivity index (χ1) is 17.7. The molecular formula is C28H29BrN2O5S. The van der Waals surface area contributed by atoms with E-state index in [4.69, 9.17) is 14.2 Å². The first kappa shape index (κ1) is 26.9. The van der Waals surface area contributed by atoms with Gasteiger partial charge in [0.25, 0.3) is 5.56 Å². The number of ether oxygens (including phenoxy) is 3. The third kappa shape index (κ3) is 5.72. The summed E-state index contributed by atoms with van der Waals surface area (Å²) in [5.74, 6) is 0.965. The van der Waals surface area contributed by atoms with Crippen LogP contribution in [0.25, 0.3) is 6.08 Å². The molecule has 7 nitrogen and oxygen atoms in total. The summed E-state index contributed by atoms with van der Waals surface area (Å²) in [4.78, 5) is 31.9. The number of benzene rings is 2. The second-order valence-electron chi connectivity index (χ2n) is 8.66. The van der Waals surface area contributed by atoms with E-state index < -0.39 is 12.0 Å². The largest absolute Gasteiger partial charge is 0.493 e. The maximum atomic E-state index is 13.7. The Kier molecular flexibility index (Phi) is 8.34. The Morgan fingerprint density at radius 2 is 1.89 bits per heavy atom. The smallest absolute Gasteiger partial charge is 0.338 e. The van der Waals surface area contributed by atoms with Crippen LogP contribution in [0.4, 0.5) is 0 Å². The zero-order chi connectivity index (χ0) is 26.7. The molecule has 0 saturated heterocycles. The summed E-state index contributed by atoms with van der Waals surface area (Å²) < 4.78 is 19.6. The average Bonchev–Trinajstić information content (AvgIpc) is 3.14. The number of thiazole rings is 1. The lowest BCUT2D eigenvalue weighted by atomic mass is 9.96. The number of hydrogen-bond donors (Lipinski definition) is 0. The van der Waals surface area contributed by atoms with E-state index in [0.717, 1.165) is 21.3 Å². The van der Waals surface area contributed by atoms with Crippen molar-refractivity contribution >= 4 is 39.3 Å². The van der Waals surface area contributed by atoms with Crippen molar-refractivity contribution in [2.24, 2.45) is 4.99 Å². The van der Waals surface area contributed by atoms with Crippen LogP contribution in [0, 0.1) is 0 Å². The monoisotopic (exact) mass is 584 g/mol. The van der Waals surface area contributed by atoms with Crippen LogP contribution < -0.4 is 24.4 Å². The van der Waals surface area contributed by atoms with Gasteiger partial charge in [-0.15, -0.1) is 0 Å². The topological polar surface area (TPSA) is 79.1 Å². The fourth-order valence-corrected chi connectivity index (χ4v) is 5.70. The van der Waals surface area contributed by atoms with E-state index in [1.807, 2.05) is 69.3 Å². The van der Waals surface area contributed by atoms with Crippen molar-refractivity contribution in [2.75, 3.05) is 13.2 Å². The van der Waals surface area contributed by atoms with Crippen molar-refractivity contribution in [3.63, 3.8) is 0 Å². The molecule has 2 aromatic carbocycles. The Morgan fingerprint density at radius 3 is 2.51 bits per heavy atom. The summed E-state index contributed by atoms with van der Waals surface area (Å²) >= 11 is 4.82. The molecule has 0 unspecified atom stereocenters. The summed E-state index contributed by atoms with van der Waals surface area (Å²) in [5, 5.41) is 0. The van der Waals surface area contributed by atoms with E-state index in [1.165, 1.54) is 11.3 Å². The van der Waals surface area contributed by atoms with Crippen molar-refractivity contribution in [2.45, 2.75) is 46.8 Å². The second kappa shape index (κ2) is 11.5. The van der Waals surface area contributed by atoms with Gasteiger partial charge in [-0.3, -0.25) is 9.36 Å². The Morgan fingerprint density at radius 1 is 1.16 bits per heavy atom. The number of hydrogen-bond acceptors (Lipinski definition) is 7. The second-order valence-corrected chi connectivity index (χ2v) is 10.5. The number of rotatable bonds is 8. The Labute approximate surface area is 227 Å². The van der Waals surface area contributed by atoms with Crippen LogP contribution in [0.3, 0.4) is 0 Å². The quantitative estimate of drug-likeness (QED) is 0.357. The highest BCUT2D eigenvalue weighted by molar-refractivity contribution is 9.10. The number of esters is 1. The van der Waals surface area contributed by atoms with Crippen LogP contribution in [-0.2, 0) is 9.53 Å².